The van der Waals surface area contributed by atoms with Gasteiger partial charge in [0.05, 0.1) is 25.8 Å². The van der Waals surface area contributed by atoms with E-state index in [0.717, 1.165) is 74.8 Å². The number of guanidine groups is 1. The minimum absolute atomic E-state index is 0.0990. The molecule has 0 amide bonds. The van der Waals surface area contributed by atoms with Gasteiger partial charge in [-0.3, -0.25) is 9.89 Å². The summed E-state index contributed by atoms with van der Waals surface area (Å²) in [4.78, 5) is 7.26. The topological polar surface area (TPSA) is 80.5 Å². The van der Waals surface area contributed by atoms with Crippen molar-refractivity contribution in [3.63, 3.8) is 0 Å². The molecule has 1 unspecified atom stereocenters. The highest BCUT2D eigenvalue weighted by molar-refractivity contribution is 5.79. The number of benzene rings is 1. The highest BCUT2D eigenvalue weighted by Crippen LogP contribution is 2.32. The number of rotatable bonds is 8. The van der Waals surface area contributed by atoms with E-state index in [4.69, 9.17) is 23.6 Å². The number of nitrogens with zero attached hydrogens (tertiary/aromatic N) is 2. The zero-order valence-electron chi connectivity index (χ0n) is 18.4. The minimum atomic E-state index is 0.0990. The van der Waals surface area contributed by atoms with Crippen molar-refractivity contribution in [2.45, 2.75) is 26.3 Å². The molecule has 8 nitrogen and oxygen atoms in total. The monoisotopic (exact) mass is 428 g/mol. The number of fused-ring (bicyclic) bond motifs is 1. The summed E-state index contributed by atoms with van der Waals surface area (Å²) in [6.07, 6.45) is 0.866. The molecule has 0 radical (unpaired) electrons. The van der Waals surface area contributed by atoms with Crippen LogP contribution in [0.5, 0.6) is 11.5 Å². The Morgan fingerprint density at radius 1 is 1.10 bits per heavy atom. The number of morpholine rings is 1. The highest BCUT2D eigenvalue weighted by Gasteiger charge is 2.25. The molecule has 1 aromatic carbocycles. The zero-order valence-corrected chi connectivity index (χ0v) is 18.4. The molecule has 8 heteroatoms. The predicted octanol–water partition coefficient (Wildman–Crippen LogP) is 2.49. The summed E-state index contributed by atoms with van der Waals surface area (Å²) in [7, 11) is 0. The van der Waals surface area contributed by atoms with Gasteiger partial charge in [-0.15, -0.1) is 0 Å². The van der Waals surface area contributed by atoms with Gasteiger partial charge < -0.3 is 29.3 Å². The molecule has 3 heterocycles. The second-order valence-corrected chi connectivity index (χ2v) is 7.70. The van der Waals surface area contributed by atoms with Gasteiger partial charge in [-0.05, 0) is 50.1 Å². The lowest BCUT2D eigenvalue weighted by Crippen LogP contribution is -2.42. The maximum Gasteiger partial charge on any atom is 0.231 e. The van der Waals surface area contributed by atoms with Crippen LogP contribution >= 0.6 is 0 Å². The fourth-order valence-electron chi connectivity index (χ4n) is 3.85. The Labute approximate surface area is 183 Å². The van der Waals surface area contributed by atoms with Gasteiger partial charge in [0.25, 0.3) is 0 Å². The number of ether oxygens (including phenoxy) is 3. The van der Waals surface area contributed by atoms with E-state index in [1.165, 1.54) is 5.56 Å². The van der Waals surface area contributed by atoms with Gasteiger partial charge in [0.2, 0.25) is 6.79 Å². The van der Waals surface area contributed by atoms with Crippen LogP contribution in [0.3, 0.4) is 0 Å². The largest absolute Gasteiger partial charge is 0.465 e. The van der Waals surface area contributed by atoms with Gasteiger partial charge in [0.1, 0.15) is 11.5 Å². The molecule has 1 atom stereocenters. The van der Waals surface area contributed by atoms with Gasteiger partial charge in [-0.2, -0.15) is 0 Å². The molecule has 2 aliphatic rings. The number of hydrogen-bond acceptors (Lipinski definition) is 6. The standard InChI is InChI=1S/C23H32N4O4/c1-3-24-23(25-9-8-18-5-7-21-22(14-18)30-16-29-21)26-15-19(20-6-4-17(2)31-20)27-10-12-28-13-11-27/h4-7,14,19H,3,8-13,15-16H2,1-2H3,(H2,24,25,26). The lowest BCUT2D eigenvalue weighted by molar-refractivity contribution is 0.0135. The third-order valence-corrected chi connectivity index (χ3v) is 5.49. The minimum Gasteiger partial charge on any atom is -0.465 e. The summed E-state index contributed by atoms with van der Waals surface area (Å²) < 4.78 is 22.3. The zero-order chi connectivity index (χ0) is 21.5. The number of aryl methyl sites for hydroxylation is 1. The molecular weight excluding hydrogens is 396 g/mol. The third-order valence-electron chi connectivity index (χ3n) is 5.49. The van der Waals surface area contributed by atoms with Crippen LogP contribution in [0, 0.1) is 6.92 Å². The summed E-state index contributed by atoms with van der Waals surface area (Å²) in [5, 5.41) is 6.79. The first-order valence-electron chi connectivity index (χ1n) is 11.0. The Kier molecular flexibility index (Phi) is 7.32. The first-order valence-corrected chi connectivity index (χ1v) is 11.0. The molecule has 168 valence electrons. The van der Waals surface area contributed by atoms with Crippen molar-refractivity contribution < 1.29 is 18.6 Å². The van der Waals surface area contributed by atoms with E-state index in [2.05, 4.69) is 34.6 Å². The fraction of sp³-hybridized carbons (Fsp3) is 0.522. The molecular formula is C23H32N4O4. The molecule has 1 aromatic heterocycles. The molecule has 0 saturated carbocycles. The Bertz CT molecular complexity index is 876. The van der Waals surface area contributed by atoms with Crippen molar-refractivity contribution in [2.24, 2.45) is 4.99 Å². The van der Waals surface area contributed by atoms with E-state index in [-0.39, 0.29) is 6.04 Å². The first kappa shape index (κ1) is 21.5. The smallest absolute Gasteiger partial charge is 0.231 e. The van der Waals surface area contributed by atoms with Crippen LogP contribution < -0.4 is 20.1 Å². The van der Waals surface area contributed by atoms with E-state index in [1.807, 2.05) is 25.1 Å². The Morgan fingerprint density at radius 2 is 1.94 bits per heavy atom. The quantitative estimate of drug-likeness (QED) is 0.494. The molecule has 2 aromatic rings. The molecule has 0 bridgehead atoms. The number of furan rings is 1. The van der Waals surface area contributed by atoms with Crippen LogP contribution in [-0.4, -0.2) is 63.6 Å². The van der Waals surface area contributed by atoms with Crippen LogP contribution in [-0.2, 0) is 11.2 Å². The Hall–Kier alpha value is -2.71. The molecule has 0 spiro atoms. The SMILES string of the molecule is CCNC(=NCC(c1ccc(C)o1)N1CCOCC1)NCCc1ccc2c(c1)OCO2. The molecule has 0 aliphatic carbocycles. The van der Waals surface area contributed by atoms with E-state index in [1.54, 1.807) is 0 Å². The lowest BCUT2D eigenvalue weighted by Gasteiger charge is -2.32. The van der Waals surface area contributed by atoms with Crippen LogP contribution in [0.25, 0.3) is 0 Å². The average Bonchev–Trinajstić information content (AvgIpc) is 3.43. The summed E-state index contributed by atoms with van der Waals surface area (Å²) in [5.41, 5.74) is 1.20. The van der Waals surface area contributed by atoms with E-state index >= 15 is 0 Å². The van der Waals surface area contributed by atoms with Crippen LogP contribution in [0.4, 0.5) is 0 Å². The highest BCUT2D eigenvalue weighted by atomic mass is 16.7. The molecule has 4 rings (SSSR count). The van der Waals surface area contributed by atoms with Gasteiger partial charge in [-0.1, -0.05) is 6.07 Å². The van der Waals surface area contributed by atoms with Gasteiger partial charge >= 0.3 is 0 Å². The molecule has 1 fully saturated rings. The first-order chi connectivity index (χ1) is 15.2. The van der Waals surface area contributed by atoms with E-state index in [9.17, 15) is 0 Å². The predicted molar refractivity (Wildman–Crippen MR) is 119 cm³/mol. The van der Waals surface area contributed by atoms with Gasteiger partial charge in [0.15, 0.2) is 17.5 Å². The molecule has 2 N–H and O–H groups in total. The fourth-order valence-corrected chi connectivity index (χ4v) is 3.85. The van der Waals surface area contributed by atoms with E-state index < -0.39 is 0 Å². The molecule has 1 saturated heterocycles. The van der Waals surface area contributed by atoms with Crippen molar-refractivity contribution in [1.29, 1.82) is 0 Å². The van der Waals surface area contributed by atoms with Crippen molar-refractivity contribution in [3.05, 3.63) is 47.4 Å². The van der Waals surface area contributed by atoms with Crippen molar-refractivity contribution in [3.8, 4) is 11.5 Å². The second-order valence-electron chi connectivity index (χ2n) is 7.70. The van der Waals surface area contributed by atoms with Crippen LogP contribution in [0.1, 0.15) is 30.0 Å². The summed E-state index contributed by atoms with van der Waals surface area (Å²) >= 11 is 0. The van der Waals surface area contributed by atoms with Crippen molar-refractivity contribution in [2.75, 3.05) is 52.7 Å². The molecule has 2 aliphatic heterocycles. The van der Waals surface area contributed by atoms with Crippen LogP contribution in [0.2, 0.25) is 0 Å². The summed E-state index contributed by atoms with van der Waals surface area (Å²) in [6, 6.07) is 10.3. The average molecular weight is 429 g/mol. The Morgan fingerprint density at radius 3 is 2.71 bits per heavy atom. The van der Waals surface area contributed by atoms with Gasteiger partial charge in [0, 0.05) is 26.2 Å². The molecule has 31 heavy (non-hydrogen) atoms. The van der Waals surface area contributed by atoms with E-state index in [0.29, 0.717) is 13.3 Å². The maximum atomic E-state index is 5.95. The summed E-state index contributed by atoms with van der Waals surface area (Å²) in [5.74, 6) is 4.32. The van der Waals surface area contributed by atoms with Crippen molar-refractivity contribution in [1.82, 2.24) is 15.5 Å². The number of hydrogen-bond donors (Lipinski definition) is 2. The third kappa shape index (κ3) is 5.71. The summed E-state index contributed by atoms with van der Waals surface area (Å²) in [6.45, 7) is 9.80. The van der Waals surface area contributed by atoms with Crippen molar-refractivity contribution >= 4 is 5.96 Å². The Balaban J connectivity index is 1.37. The lowest BCUT2D eigenvalue weighted by atomic mass is 10.1. The van der Waals surface area contributed by atoms with Crippen LogP contribution in [0.15, 0.2) is 39.7 Å². The normalized spacial score (nSPS) is 17.5. The van der Waals surface area contributed by atoms with Gasteiger partial charge in [-0.25, -0.2) is 0 Å². The second kappa shape index (κ2) is 10.5. The number of aliphatic imine (C=N–C) groups is 1. The maximum absolute atomic E-state index is 5.95. The number of nitrogens with one attached hydrogen (secondary N) is 2.